The second-order valence-electron chi connectivity index (χ2n) is 4.78. The normalized spacial score (nSPS) is 10.8. The Morgan fingerprint density at radius 3 is 2.86 bits per heavy atom. The molecule has 0 saturated heterocycles. The summed E-state index contributed by atoms with van der Waals surface area (Å²) in [6.07, 6.45) is 1.17. The van der Waals surface area contributed by atoms with Gasteiger partial charge in [-0.3, -0.25) is 10.1 Å². The van der Waals surface area contributed by atoms with Crippen molar-refractivity contribution in [3.63, 3.8) is 0 Å². The minimum absolute atomic E-state index is 0.143. The number of fused-ring (bicyclic) bond motifs is 1. The van der Waals surface area contributed by atoms with E-state index in [1.54, 1.807) is 0 Å². The molecule has 0 bridgehead atoms. The van der Waals surface area contributed by atoms with E-state index in [9.17, 15) is 10.1 Å². The molecule has 0 spiro atoms. The number of anilines is 1. The first kappa shape index (κ1) is 14.3. The molecule has 0 saturated carbocycles. The SMILES string of the molecule is Cc1c(CNc2ncc([N+](=O)[O-])cc2Cl)oc2ccccc12. The number of aryl methyl sites for hydroxylation is 1. The smallest absolute Gasteiger partial charge is 0.289 e. The molecule has 2 heterocycles. The number of furan rings is 1. The highest BCUT2D eigenvalue weighted by molar-refractivity contribution is 6.33. The van der Waals surface area contributed by atoms with Crippen molar-refractivity contribution < 1.29 is 9.34 Å². The second kappa shape index (κ2) is 5.65. The van der Waals surface area contributed by atoms with Crippen molar-refractivity contribution in [3.8, 4) is 0 Å². The van der Waals surface area contributed by atoms with Crippen molar-refractivity contribution in [1.82, 2.24) is 4.98 Å². The zero-order chi connectivity index (χ0) is 15.7. The van der Waals surface area contributed by atoms with Gasteiger partial charge in [0, 0.05) is 17.0 Å². The predicted octanol–water partition coefficient (Wildman–Crippen LogP) is 4.31. The number of hydrogen-bond donors (Lipinski definition) is 1. The van der Waals surface area contributed by atoms with E-state index < -0.39 is 4.92 Å². The Morgan fingerprint density at radius 1 is 1.41 bits per heavy atom. The third kappa shape index (κ3) is 2.60. The number of para-hydroxylation sites is 1. The standard InChI is InChI=1S/C15H12ClN3O3/c1-9-11-4-2-3-5-13(11)22-14(9)8-18-15-12(16)6-10(7-17-15)19(20)21/h2-7H,8H2,1H3,(H,17,18). The van der Waals surface area contributed by atoms with E-state index in [1.807, 2.05) is 31.2 Å². The van der Waals surface area contributed by atoms with Crippen LogP contribution in [0.15, 0.2) is 40.9 Å². The molecule has 0 fully saturated rings. The molecule has 1 N–H and O–H groups in total. The largest absolute Gasteiger partial charge is 0.459 e. The summed E-state index contributed by atoms with van der Waals surface area (Å²) < 4.78 is 5.78. The lowest BCUT2D eigenvalue weighted by molar-refractivity contribution is -0.385. The van der Waals surface area contributed by atoms with Gasteiger partial charge in [-0.2, -0.15) is 0 Å². The van der Waals surface area contributed by atoms with Crippen LogP contribution < -0.4 is 5.32 Å². The van der Waals surface area contributed by atoms with Gasteiger partial charge in [0.25, 0.3) is 5.69 Å². The molecule has 3 rings (SSSR count). The summed E-state index contributed by atoms with van der Waals surface area (Å²) in [7, 11) is 0. The Kier molecular flexibility index (Phi) is 3.68. The van der Waals surface area contributed by atoms with Gasteiger partial charge in [0.2, 0.25) is 0 Å². The number of nitrogens with zero attached hydrogens (tertiary/aromatic N) is 2. The molecule has 0 radical (unpaired) electrons. The molecule has 0 aliphatic carbocycles. The van der Waals surface area contributed by atoms with Gasteiger partial charge >= 0.3 is 0 Å². The first-order valence-electron chi connectivity index (χ1n) is 6.57. The van der Waals surface area contributed by atoms with Crippen molar-refractivity contribution in [2.75, 3.05) is 5.32 Å². The monoisotopic (exact) mass is 317 g/mol. The average Bonchev–Trinajstić information content (AvgIpc) is 2.83. The molecular formula is C15H12ClN3O3. The van der Waals surface area contributed by atoms with Crippen molar-refractivity contribution >= 4 is 34.1 Å². The number of halogens is 1. The number of pyridine rings is 1. The zero-order valence-corrected chi connectivity index (χ0v) is 12.4. The van der Waals surface area contributed by atoms with Crippen molar-refractivity contribution in [2.24, 2.45) is 0 Å². The first-order chi connectivity index (χ1) is 10.6. The maximum atomic E-state index is 10.7. The van der Waals surface area contributed by atoms with Gasteiger partial charge in [0.15, 0.2) is 0 Å². The second-order valence-corrected chi connectivity index (χ2v) is 5.19. The van der Waals surface area contributed by atoms with Crippen LogP contribution in [-0.2, 0) is 6.54 Å². The Hall–Kier alpha value is -2.60. The third-order valence-corrected chi connectivity index (χ3v) is 3.68. The Bertz CT molecular complexity index is 860. The number of rotatable bonds is 4. The lowest BCUT2D eigenvalue weighted by atomic mass is 10.1. The van der Waals surface area contributed by atoms with Crippen LogP contribution in [0.1, 0.15) is 11.3 Å². The molecule has 3 aromatic rings. The molecule has 2 aromatic heterocycles. The Labute approximate surface area is 130 Å². The zero-order valence-electron chi connectivity index (χ0n) is 11.7. The van der Waals surface area contributed by atoms with Crippen LogP contribution >= 0.6 is 11.6 Å². The van der Waals surface area contributed by atoms with E-state index in [0.717, 1.165) is 22.3 Å². The van der Waals surface area contributed by atoms with Gasteiger partial charge in [0.1, 0.15) is 23.4 Å². The van der Waals surface area contributed by atoms with E-state index >= 15 is 0 Å². The first-order valence-corrected chi connectivity index (χ1v) is 6.95. The topological polar surface area (TPSA) is 81.2 Å². The van der Waals surface area contributed by atoms with Crippen LogP contribution in [0.5, 0.6) is 0 Å². The fourth-order valence-electron chi connectivity index (χ4n) is 2.22. The molecule has 0 aliphatic rings. The molecule has 0 amide bonds. The van der Waals surface area contributed by atoms with Crippen LogP contribution in [0.4, 0.5) is 11.5 Å². The molecule has 112 valence electrons. The number of aromatic nitrogens is 1. The van der Waals surface area contributed by atoms with Crippen LogP contribution in [0.25, 0.3) is 11.0 Å². The van der Waals surface area contributed by atoms with Gasteiger partial charge in [-0.1, -0.05) is 29.8 Å². The molecular weight excluding hydrogens is 306 g/mol. The summed E-state index contributed by atoms with van der Waals surface area (Å²) in [5, 5.41) is 15.0. The molecule has 7 heteroatoms. The number of nitro groups is 1. The predicted molar refractivity (Wildman–Crippen MR) is 84.2 cm³/mol. The van der Waals surface area contributed by atoms with E-state index in [0.29, 0.717) is 12.4 Å². The maximum absolute atomic E-state index is 10.7. The van der Waals surface area contributed by atoms with Crippen LogP contribution in [0, 0.1) is 17.0 Å². The average molecular weight is 318 g/mol. The van der Waals surface area contributed by atoms with Crippen LogP contribution in [0.2, 0.25) is 5.02 Å². The van der Waals surface area contributed by atoms with Gasteiger partial charge in [-0.05, 0) is 13.0 Å². The molecule has 0 aliphatic heterocycles. The van der Waals surface area contributed by atoms with E-state index in [4.69, 9.17) is 16.0 Å². The maximum Gasteiger partial charge on any atom is 0.289 e. The lowest BCUT2D eigenvalue weighted by Crippen LogP contribution is -2.02. The lowest BCUT2D eigenvalue weighted by Gasteiger charge is -2.06. The van der Waals surface area contributed by atoms with Gasteiger partial charge in [-0.25, -0.2) is 4.98 Å². The summed E-state index contributed by atoms with van der Waals surface area (Å²) in [6, 6.07) is 9.04. The highest BCUT2D eigenvalue weighted by atomic mass is 35.5. The highest BCUT2D eigenvalue weighted by Gasteiger charge is 2.13. The summed E-state index contributed by atoms with van der Waals surface area (Å²) in [5.41, 5.74) is 1.72. The summed E-state index contributed by atoms with van der Waals surface area (Å²) in [6.45, 7) is 2.37. The summed E-state index contributed by atoms with van der Waals surface area (Å²) in [4.78, 5) is 14.1. The fraction of sp³-hybridized carbons (Fsp3) is 0.133. The van der Waals surface area contributed by atoms with E-state index in [2.05, 4.69) is 10.3 Å². The quantitative estimate of drug-likeness (QED) is 0.572. The van der Waals surface area contributed by atoms with Crippen molar-refractivity contribution in [3.05, 3.63) is 63.0 Å². The molecule has 22 heavy (non-hydrogen) atoms. The van der Waals surface area contributed by atoms with Crippen LogP contribution in [0.3, 0.4) is 0 Å². The summed E-state index contributed by atoms with van der Waals surface area (Å²) >= 11 is 6.00. The molecule has 0 atom stereocenters. The van der Waals surface area contributed by atoms with E-state index in [-0.39, 0.29) is 10.7 Å². The number of nitrogens with one attached hydrogen (secondary N) is 1. The third-order valence-electron chi connectivity index (χ3n) is 3.40. The van der Waals surface area contributed by atoms with Gasteiger partial charge in [-0.15, -0.1) is 0 Å². The minimum atomic E-state index is -0.536. The molecule has 0 unspecified atom stereocenters. The number of hydrogen-bond acceptors (Lipinski definition) is 5. The van der Waals surface area contributed by atoms with Gasteiger partial charge < -0.3 is 9.73 Å². The Morgan fingerprint density at radius 2 is 2.18 bits per heavy atom. The highest BCUT2D eigenvalue weighted by Crippen LogP contribution is 2.27. The van der Waals surface area contributed by atoms with E-state index in [1.165, 1.54) is 12.3 Å². The fourth-order valence-corrected chi connectivity index (χ4v) is 2.44. The summed E-state index contributed by atoms with van der Waals surface area (Å²) in [5.74, 6) is 1.16. The molecule has 6 nitrogen and oxygen atoms in total. The van der Waals surface area contributed by atoms with Crippen LogP contribution in [-0.4, -0.2) is 9.91 Å². The van der Waals surface area contributed by atoms with Crippen molar-refractivity contribution in [1.29, 1.82) is 0 Å². The van der Waals surface area contributed by atoms with Crippen molar-refractivity contribution in [2.45, 2.75) is 13.5 Å². The minimum Gasteiger partial charge on any atom is -0.459 e. The van der Waals surface area contributed by atoms with Gasteiger partial charge in [0.05, 0.1) is 16.5 Å². The Balaban J connectivity index is 1.82. The molecule has 1 aromatic carbocycles. The number of benzene rings is 1.